The SMILES string of the molecule is C=CC(=O)c1cccc(C(=O)C=C)c1OC(=O)c1ccccc1C(=O)O. The maximum Gasteiger partial charge on any atom is 0.344 e. The van der Waals surface area contributed by atoms with E-state index in [-0.39, 0.29) is 28.0 Å². The molecular formula is C20H14O6. The summed E-state index contributed by atoms with van der Waals surface area (Å²) in [4.78, 5) is 47.9. The molecule has 2 aromatic rings. The van der Waals surface area contributed by atoms with E-state index in [2.05, 4.69) is 13.2 Å². The normalized spacial score (nSPS) is 9.85. The minimum atomic E-state index is -1.31. The summed E-state index contributed by atoms with van der Waals surface area (Å²) in [5.41, 5.74) is -0.567. The van der Waals surface area contributed by atoms with Gasteiger partial charge in [-0.05, 0) is 36.4 Å². The highest BCUT2D eigenvalue weighted by molar-refractivity contribution is 6.13. The Balaban J connectivity index is 2.58. The average Bonchev–Trinajstić information content (AvgIpc) is 2.66. The molecule has 0 aliphatic carbocycles. The van der Waals surface area contributed by atoms with Crippen LogP contribution in [0.2, 0.25) is 0 Å². The largest absolute Gasteiger partial charge is 0.478 e. The third kappa shape index (κ3) is 3.64. The smallest absolute Gasteiger partial charge is 0.344 e. The molecule has 0 heterocycles. The lowest BCUT2D eigenvalue weighted by Gasteiger charge is -2.13. The van der Waals surface area contributed by atoms with Crippen molar-refractivity contribution in [3.05, 3.63) is 90.0 Å². The van der Waals surface area contributed by atoms with Crippen molar-refractivity contribution in [3.63, 3.8) is 0 Å². The highest BCUT2D eigenvalue weighted by Gasteiger charge is 2.23. The van der Waals surface area contributed by atoms with Gasteiger partial charge in [0, 0.05) is 0 Å². The number of aromatic carboxylic acids is 1. The zero-order chi connectivity index (χ0) is 19.3. The fraction of sp³-hybridized carbons (Fsp3) is 0. The molecule has 0 saturated heterocycles. The minimum Gasteiger partial charge on any atom is -0.478 e. The Kier molecular flexibility index (Phi) is 5.60. The molecule has 0 saturated carbocycles. The number of hydrogen-bond donors (Lipinski definition) is 1. The van der Waals surface area contributed by atoms with Gasteiger partial charge in [0.2, 0.25) is 0 Å². The van der Waals surface area contributed by atoms with E-state index in [4.69, 9.17) is 4.74 Å². The van der Waals surface area contributed by atoms with Crippen LogP contribution in [0, 0.1) is 0 Å². The van der Waals surface area contributed by atoms with Crippen molar-refractivity contribution in [3.8, 4) is 5.75 Å². The third-order valence-electron chi connectivity index (χ3n) is 3.49. The van der Waals surface area contributed by atoms with E-state index in [1.165, 1.54) is 42.5 Å². The van der Waals surface area contributed by atoms with Gasteiger partial charge >= 0.3 is 11.9 Å². The van der Waals surface area contributed by atoms with Gasteiger partial charge in [-0.3, -0.25) is 9.59 Å². The van der Waals surface area contributed by atoms with Crippen molar-refractivity contribution in [2.75, 3.05) is 0 Å². The average molecular weight is 350 g/mol. The number of para-hydroxylation sites is 1. The monoisotopic (exact) mass is 350 g/mol. The number of esters is 1. The number of carbonyl (C=O) groups is 4. The topological polar surface area (TPSA) is 97.7 Å². The van der Waals surface area contributed by atoms with Crippen LogP contribution in [-0.4, -0.2) is 28.6 Å². The molecule has 0 atom stereocenters. The number of benzene rings is 2. The summed E-state index contributed by atoms with van der Waals surface area (Å²) in [5, 5.41) is 9.20. The van der Waals surface area contributed by atoms with Crippen molar-refractivity contribution in [2.45, 2.75) is 0 Å². The van der Waals surface area contributed by atoms with Gasteiger partial charge in [0.15, 0.2) is 17.3 Å². The Morgan fingerprint density at radius 3 is 1.69 bits per heavy atom. The second-order valence-corrected chi connectivity index (χ2v) is 5.06. The fourth-order valence-corrected chi connectivity index (χ4v) is 2.25. The molecule has 0 bridgehead atoms. The van der Waals surface area contributed by atoms with Crippen molar-refractivity contribution in [2.24, 2.45) is 0 Å². The Bertz CT molecular complexity index is 901. The van der Waals surface area contributed by atoms with Crippen LogP contribution in [0.1, 0.15) is 41.4 Å². The lowest BCUT2D eigenvalue weighted by Crippen LogP contribution is -2.17. The van der Waals surface area contributed by atoms with E-state index < -0.39 is 23.5 Å². The highest BCUT2D eigenvalue weighted by Crippen LogP contribution is 2.27. The summed E-state index contributed by atoms with van der Waals surface area (Å²) < 4.78 is 5.26. The van der Waals surface area contributed by atoms with Crippen molar-refractivity contribution in [1.29, 1.82) is 0 Å². The van der Waals surface area contributed by atoms with Gasteiger partial charge in [0.25, 0.3) is 0 Å². The second-order valence-electron chi connectivity index (χ2n) is 5.06. The zero-order valence-electron chi connectivity index (χ0n) is 13.6. The van der Waals surface area contributed by atoms with Crippen LogP contribution in [-0.2, 0) is 0 Å². The molecule has 1 N–H and O–H groups in total. The molecule has 6 heteroatoms. The quantitative estimate of drug-likeness (QED) is 0.356. The summed E-state index contributed by atoms with van der Waals surface area (Å²) in [7, 11) is 0. The maximum atomic E-state index is 12.5. The molecule has 26 heavy (non-hydrogen) atoms. The standard InChI is InChI=1S/C20H14O6/c1-3-16(21)14-10-7-11-15(17(22)4-2)18(14)26-20(25)13-9-6-5-8-12(13)19(23)24/h3-11H,1-2H2,(H,23,24). The molecule has 0 aliphatic rings. The molecule has 0 amide bonds. The number of ketones is 2. The van der Waals surface area contributed by atoms with Gasteiger partial charge in [-0.25, -0.2) is 9.59 Å². The lowest BCUT2D eigenvalue weighted by atomic mass is 10.0. The number of carboxylic acids is 1. The van der Waals surface area contributed by atoms with Crippen molar-refractivity contribution < 1.29 is 29.0 Å². The van der Waals surface area contributed by atoms with Crippen LogP contribution < -0.4 is 4.74 Å². The van der Waals surface area contributed by atoms with Gasteiger partial charge in [-0.1, -0.05) is 31.4 Å². The molecule has 0 aliphatic heterocycles. The predicted octanol–water partition coefficient (Wildman–Crippen LogP) is 3.34. The van der Waals surface area contributed by atoms with Crippen LogP contribution in [0.15, 0.2) is 67.8 Å². The third-order valence-corrected chi connectivity index (χ3v) is 3.49. The van der Waals surface area contributed by atoms with Crippen molar-refractivity contribution >= 4 is 23.5 Å². The number of hydrogen-bond acceptors (Lipinski definition) is 5. The summed E-state index contributed by atoms with van der Waals surface area (Å²) in [6, 6.07) is 9.65. The first-order chi connectivity index (χ1) is 12.4. The van der Waals surface area contributed by atoms with E-state index >= 15 is 0 Å². The summed E-state index contributed by atoms with van der Waals surface area (Å²) in [6.07, 6.45) is 2.03. The lowest BCUT2D eigenvalue weighted by molar-refractivity contribution is 0.0665. The summed E-state index contributed by atoms with van der Waals surface area (Å²) in [6.45, 7) is 6.75. The molecule has 0 radical (unpaired) electrons. The van der Waals surface area contributed by atoms with Crippen LogP contribution in [0.5, 0.6) is 5.75 Å². The molecule has 2 aromatic carbocycles. The molecule has 2 rings (SSSR count). The van der Waals surface area contributed by atoms with Gasteiger partial charge in [-0.15, -0.1) is 0 Å². The Labute approximate surface area is 149 Å². The summed E-state index contributed by atoms with van der Waals surface area (Å²) in [5.74, 6) is -3.70. The molecule has 6 nitrogen and oxygen atoms in total. The van der Waals surface area contributed by atoms with Crippen LogP contribution >= 0.6 is 0 Å². The highest BCUT2D eigenvalue weighted by atomic mass is 16.5. The first-order valence-electron chi connectivity index (χ1n) is 7.41. The first-order valence-corrected chi connectivity index (χ1v) is 7.41. The molecule has 0 unspecified atom stereocenters. The number of rotatable bonds is 7. The van der Waals surface area contributed by atoms with Crippen molar-refractivity contribution in [1.82, 2.24) is 0 Å². The molecule has 0 aromatic heterocycles. The first kappa shape index (κ1) is 18.5. The Morgan fingerprint density at radius 2 is 1.23 bits per heavy atom. The second kappa shape index (κ2) is 7.85. The number of ether oxygens (including phenoxy) is 1. The number of allylic oxidation sites excluding steroid dienone is 2. The molecular weight excluding hydrogens is 336 g/mol. The maximum absolute atomic E-state index is 12.5. The fourth-order valence-electron chi connectivity index (χ4n) is 2.25. The van der Waals surface area contributed by atoms with Crippen LogP contribution in [0.4, 0.5) is 0 Å². The van der Waals surface area contributed by atoms with E-state index in [0.717, 1.165) is 12.2 Å². The van der Waals surface area contributed by atoms with E-state index in [1.54, 1.807) is 0 Å². The van der Waals surface area contributed by atoms with Gasteiger partial charge in [0.1, 0.15) is 0 Å². The van der Waals surface area contributed by atoms with Gasteiger partial charge < -0.3 is 9.84 Å². The number of carboxylic acid groups (broad SMARTS) is 1. The van der Waals surface area contributed by atoms with Gasteiger partial charge in [-0.2, -0.15) is 0 Å². The minimum absolute atomic E-state index is 0.0474. The van der Waals surface area contributed by atoms with E-state index in [1.807, 2.05) is 0 Å². The molecule has 130 valence electrons. The predicted molar refractivity (Wildman–Crippen MR) is 93.9 cm³/mol. The number of carbonyl (C=O) groups excluding carboxylic acids is 3. The molecule has 0 spiro atoms. The summed E-state index contributed by atoms with van der Waals surface area (Å²) >= 11 is 0. The van der Waals surface area contributed by atoms with E-state index in [9.17, 15) is 24.3 Å². The van der Waals surface area contributed by atoms with Crippen LogP contribution in [0.25, 0.3) is 0 Å². The van der Waals surface area contributed by atoms with Crippen LogP contribution in [0.3, 0.4) is 0 Å². The Hall–Kier alpha value is -3.80. The Morgan fingerprint density at radius 1 is 0.769 bits per heavy atom. The van der Waals surface area contributed by atoms with E-state index in [0.29, 0.717) is 0 Å². The zero-order valence-corrected chi connectivity index (χ0v) is 13.6. The van der Waals surface area contributed by atoms with Gasteiger partial charge in [0.05, 0.1) is 22.3 Å². The molecule has 0 fully saturated rings.